The van der Waals surface area contributed by atoms with E-state index in [1.807, 2.05) is 0 Å². The Morgan fingerprint density at radius 1 is 1.50 bits per heavy atom. The first-order valence-electron chi connectivity index (χ1n) is 4.56. The lowest BCUT2D eigenvalue weighted by Crippen LogP contribution is -2.13. The Bertz CT molecular complexity index is 431. The molecule has 0 aliphatic heterocycles. The van der Waals surface area contributed by atoms with E-state index in [-0.39, 0.29) is 22.4 Å². The van der Waals surface area contributed by atoms with Crippen LogP contribution in [0.5, 0.6) is 0 Å². The molecule has 0 saturated carbocycles. The third-order valence-electron chi connectivity index (χ3n) is 1.72. The second kappa shape index (κ2) is 4.94. The lowest BCUT2D eigenvalue weighted by atomic mass is 10.2. The van der Waals surface area contributed by atoms with E-state index in [0.717, 1.165) is 6.07 Å². The highest BCUT2D eigenvalue weighted by Gasteiger charge is 2.22. The first-order chi connectivity index (χ1) is 7.41. The highest BCUT2D eigenvalue weighted by Crippen LogP contribution is 2.24. The first kappa shape index (κ1) is 12.4. The number of esters is 1. The molecule has 0 spiro atoms. The molecular weight excluding hydrogens is 234 g/mol. The highest BCUT2D eigenvalue weighted by atomic mass is 35.5. The summed E-state index contributed by atoms with van der Waals surface area (Å²) in [5.74, 6) is -0.724. The summed E-state index contributed by atoms with van der Waals surface area (Å²) in [5, 5.41) is 10.9. The van der Waals surface area contributed by atoms with Crippen molar-refractivity contribution in [1.82, 2.24) is 0 Å². The molecule has 1 aromatic carbocycles. The van der Waals surface area contributed by atoms with Crippen LogP contribution in [0, 0.1) is 10.1 Å². The standard InChI is InChI=1S/C10H10ClNO4/c1-6(2)16-10(13)8-4-3-7(11)5-9(8)12(14)15/h3-6H,1-2H3. The van der Waals surface area contributed by atoms with E-state index in [2.05, 4.69) is 0 Å². The van der Waals surface area contributed by atoms with E-state index in [0.29, 0.717) is 0 Å². The first-order valence-corrected chi connectivity index (χ1v) is 4.94. The summed E-state index contributed by atoms with van der Waals surface area (Å²) < 4.78 is 4.88. The molecule has 0 aliphatic rings. The molecule has 0 unspecified atom stereocenters. The van der Waals surface area contributed by atoms with Crippen LogP contribution in [0.25, 0.3) is 0 Å². The maximum absolute atomic E-state index is 11.5. The van der Waals surface area contributed by atoms with Crippen LogP contribution in [-0.4, -0.2) is 17.0 Å². The third kappa shape index (κ3) is 2.93. The Kier molecular flexibility index (Phi) is 3.84. The fourth-order valence-electron chi connectivity index (χ4n) is 1.11. The number of carbonyl (C=O) groups excluding carboxylic acids is 1. The average Bonchev–Trinajstić information content (AvgIpc) is 2.16. The van der Waals surface area contributed by atoms with E-state index in [4.69, 9.17) is 16.3 Å². The number of nitrogens with zero attached hydrogens (tertiary/aromatic N) is 1. The number of hydrogen-bond donors (Lipinski definition) is 0. The molecule has 0 saturated heterocycles. The van der Waals surface area contributed by atoms with Gasteiger partial charge < -0.3 is 4.74 Å². The van der Waals surface area contributed by atoms with Gasteiger partial charge in [0.15, 0.2) is 0 Å². The highest BCUT2D eigenvalue weighted by molar-refractivity contribution is 6.31. The van der Waals surface area contributed by atoms with Crippen molar-refractivity contribution in [2.75, 3.05) is 0 Å². The fraction of sp³-hybridized carbons (Fsp3) is 0.300. The lowest BCUT2D eigenvalue weighted by molar-refractivity contribution is -0.385. The molecule has 16 heavy (non-hydrogen) atoms. The van der Waals surface area contributed by atoms with Gasteiger partial charge in [-0.15, -0.1) is 0 Å². The van der Waals surface area contributed by atoms with E-state index >= 15 is 0 Å². The van der Waals surface area contributed by atoms with Gasteiger partial charge in [-0.05, 0) is 26.0 Å². The summed E-state index contributed by atoms with van der Waals surface area (Å²) in [4.78, 5) is 21.6. The minimum absolute atomic E-state index is 0.0944. The minimum Gasteiger partial charge on any atom is -0.459 e. The Balaban J connectivity index is 3.12. The molecule has 0 radical (unpaired) electrons. The van der Waals surface area contributed by atoms with Gasteiger partial charge in [-0.1, -0.05) is 11.6 Å². The summed E-state index contributed by atoms with van der Waals surface area (Å²) >= 11 is 5.61. The number of benzene rings is 1. The van der Waals surface area contributed by atoms with Crippen LogP contribution in [0.15, 0.2) is 18.2 Å². The topological polar surface area (TPSA) is 69.4 Å². The van der Waals surface area contributed by atoms with Gasteiger partial charge in [0.2, 0.25) is 0 Å². The normalized spacial score (nSPS) is 10.2. The van der Waals surface area contributed by atoms with Gasteiger partial charge in [0.1, 0.15) is 5.56 Å². The Morgan fingerprint density at radius 2 is 2.12 bits per heavy atom. The van der Waals surface area contributed by atoms with Crippen LogP contribution < -0.4 is 0 Å². The molecule has 0 heterocycles. The van der Waals surface area contributed by atoms with E-state index in [1.54, 1.807) is 13.8 Å². The van der Waals surface area contributed by atoms with Gasteiger partial charge in [-0.3, -0.25) is 10.1 Å². The van der Waals surface area contributed by atoms with Gasteiger partial charge in [0.25, 0.3) is 5.69 Å². The molecule has 0 aromatic heterocycles. The number of carbonyl (C=O) groups is 1. The van der Waals surface area contributed by atoms with Crippen molar-refractivity contribution in [3.63, 3.8) is 0 Å². The van der Waals surface area contributed by atoms with E-state index in [1.165, 1.54) is 12.1 Å². The number of halogens is 1. The Morgan fingerprint density at radius 3 is 2.62 bits per heavy atom. The van der Waals surface area contributed by atoms with Gasteiger partial charge in [-0.2, -0.15) is 0 Å². The zero-order valence-corrected chi connectivity index (χ0v) is 9.52. The fourth-order valence-corrected chi connectivity index (χ4v) is 1.27. The second-order valence-electron chi connectivity index (χ2n) is 3.37. The van der Waals surface area contributed by atoms with Crippen LogP contribution in [0.3, 0.4) is 0 Å². The van der Waals surface area contributed by atoms with Crippen LogP contribution in [0.1, 0.15) is 24.2 Å². The van der Waals surface area contributed by atoms with Gasteiger partial charge in [0.05, 0.1) is 11.0 Å². The monoisotopic (exact) mass is 243 g/mol. The number of ether oxygens (including phenoxy) is 1. The largest absolute Gasteiger partial charge is 0.459 e. The predicted octanol–water partition coefficient (Wildman–Crippen LogP) is 2.81. The molecule has 0 atom stereocenters. The van der Waals surface area contributed by atoms with Crippen molar-refractivity contribution in [2.24, 2.45) is 0 Å². The average molecular weight is 244 g/mol. The van der Waals surface area contributed by atoms with E-state index < -0.39 is 10.9 Å². The lowest BCUT2D eigenvalue weighted by Gasteiger charge is -2.07. The smallest absolute Gasteiger partial charge is 0.345 e. The molecule has 0 N–H and O–H groups in total. The van der Waals surface area contributed by atoms with Crippen LogP contribution in [-0.2, 0) is 4.74 Å². The van der Waals surface area contributed by atoms with Crippen molar-refractivity contribution >= 4 is 23.3 Å². The quantitative estimate of drug-likeness (QED) is 0.465. The molecule has 5 nitrogen and oxygen atoms in total. The molecule has 0 aliphatic carbocycles. The molecule has 86 valence electrons. The predicted molar refractivity (Wildman–Crippen MR) is 58.7 cm³/mol. The summed E-state index contributed by atoms with van der Waals surface area (Å²) in [6, 6.07) is 3.81. The maximum atomic E-state index is 11.5. The number of nitro groups is 1. The van der Waals surface area contributed by atoms with Crippen molar-refractivity contribution < 1.29 is 14.5 Å². The van der Waals surface area contributed by atoms with Crippen molar-refractivity contribution in [3.05, 3.63) is 38.9 Å². The van der Waals surface area contributed by atoms with Gasteiger partial charge in [-0.25, -0.2) is 4.79 Å². The third-order valence-corrected chi connectivity index (χ3v) is 1.95. The van der Waals surface area contributed by atoms with Gasteiger partial charge in [0, 0.05) is 11.1 Å². The Labute approximate surface area is 97.1 Å². The van der Waals surface area contributed by atoms with Crippen LogP contribution >= 0.6 is 11.6 Å². The zero-order valence-electron chi connectivity index (χ0n) is 8.77. The molecule has 0 amide bonds. The number of rotatable bonds is 3. The SMILES string of the molecule is CC(C)OC(=O)c1ccc(Cl)cc1[N+](=O)[O-]. The minimum atomic E-state index is -0.724. The summed E-state index contributed by atoms with van der Waals surface area (Å²) in [6.07, 6.45) is -0.331. The zero-order chi connectivity index (χ0) is 12.3. The molecule has 1 aromatic rings. The van der Waals surface area contributed by atoms with Crippen LogP contribution in [0.2, 0.25) is 5.02 Å². The summed E-state index contributed by atoms with van der Waals surface area (Å²) in [5.41, 5.74) is -0.443. The molecule has 1 rings (SSSR count). The number of hydrogen-bond acceptors (Lipinski definition) is 4. The Hall–Kier alpha value is -1.62. The van der Waals surface area contributed by atoms with Crippen molar-refractivity contribution in [1.29, 1.82) is 0 Å². The molecule has 6 heteroatoms. The van der Waals surface area contributed by atoms with Crippen LogP contribution in [0.4, 0.5) is 5.69 Å². The second-order valence-corrected chi connectivity index (χ2v) is 3.81. The van der Waals surface area contributed by atoms with E-state index in [9.17, 15) is 14.9 Å². The summed E-state index contributed by atoms with van der Waals surface area (Å²) in [6.45, 7) is 3.33. The molecule has 0 fully saturated rings. The van der Waals surface area contributed by atoms with Gasteiger partial charge >= 0.3 is 5.97 Å². The number of nitro benzene ring substituents is 1. The summed E-state index contributed by atoms with van der Waals surface area (Å²) in [7, 11) is 0. The maximum Gasteiger partial charge on any atom is 0.345 e. The molecule has 0 bridgehead atoms. The van der Waals surface area contributed by atoms with Crippen molar-refractivity contribution in [2.45, 2.75) is 20.0 Å². The van der Waals surface area contributed by atoms with Crippen molar-refractivity contribution in [3.8, 4) is 0 Å². The molecular formula is C10H10ClNO4.